The van der Waals surface area contributed by atoms with Gasteiger partial charge in [0.25, 0.3) is 5.91 Å². The Morgan fingerprint density at radius 3 is 2.90 bits per heavy atom. The first kappa shape index (κ1) is 20.4. The summed E-state index contributed by atoms with van der Waals surface area (Å²) in [7, 11) is 3.11. The summed E-state index contributed by atoms with van der Waals surface area (Å²) >= 11 is 6.01. The van der Waals surface area contributed by atoms with E-state index < -0.39 is 0 Å². The van der Waals surface area contributed by atoms with Crippen LogP contribution in [0.1, 0.15) is 22.8 Å². The van der Waals surface area contributed by atoms with Gasteiger partial charge in [-0.2, -0.15) is 0 Å². The van der Waals surface area contributed by atoms with E-state index in [9.17, 15) is 9.59 Å². The van der Waals surface area contributed by atoms with Crippen molar-refractivity contribution in [2.75, 3.05) is 33.9 Å². The minimum atomic E-state index is -0.152. The minimum Gasteiger partial charge on any atom is -0.496 e. The number of likely N-dealkylation sites (tertiary alicyclic amines) is 1. The van der Waals surface area contributed by atoms with E-state index in [2.05, 4.69) is 4.98 Å². The molecule has 3 aromatic rings. The molecule has 2 aromatic heterocycles. The molecule has 1 aliphatic heterocycles. The maximum absolute atomic E-state index is 13.2. The highest BCUT2D eigenvalue weighted by Crippen LogP contribution is 2.29. The van der Waals surface area contributed by atoms with Crippen LogP contribution >= 0.6 is 11.6 Å². The van der Waals surface area contributed by atoms with E-state index in [1.165, 1.54) is 7.11 Å². The van der Waals surface area contributed by atoms with Crippen molar-refractivity contribution in [3.8, 4) is 5.75 Å². The molecule has 1 amide bonds. The van der Waals surface area contributed by atoms with Crippen LogP contribution in [0.5, 0.6) is 5.75 Å². The van der Waals surface area contributed by atoms with Crippen LogP contribution in [0.3, 0.4) is 0 Å². The molecule has 30 heavy (non-hydrogen) atoms. The van der Waals surface area contributed by atoms with Crippen LogP contribution in [-0.4, -0.2) is 58.8 Å². The van der Waals surface area contributed by atoms with Crippen molar-refractivity contribution < 1.29 is 14.3 Å². The van der Waals surface area contributed by atoms with Crippen molar-refractivity contribution >= 4 is 28.7 Å². The Hall–Kier alpha value is -2.84. The molecule has 0 N–H and O–H groups in total. The van der Waals surface area contributed by atoms with Gasteiger partial charge in [-0.3, -0.25) is 13.9 Å². The number of aromatic nitrogens is 3. The number of fused-ring (bicyclic) bond motifs is 1. The lowest BCUT2D eigenvalue weighted by Crippen LogP contribution is -2.32. The number of halogens is 1. The summed E-state index contributed by atoms with van der Waals surface area (Å²) in [6.45, 7) is 1.84. The molecule has 0 aliphatic carbocycles. The predicted molar refractivity (Wildman–Crippen MR) is 113 cm³/mol. The zero-order valence-corrected chi connectivity index (χ0v) is 17.6. The molecule has 4 rings (SSSR count). The number of hydrogen-bond acceptors (Lipinski definition) is 5. The molecule has 3 heterocycles. The Bertz CT molecular complexity index is 1140. The molecule has 0 bridgehead atoms. The van der Waals surface area contributed by atoms with Gasteiger partial charge in [-0.15, -0.1) is 0 Å². The van der Waals surface area contributed by atoms with Crippen LogP contribution < -0.4 is 10.4 Å². The van der Waals surface area contributed by atoms with Crippen molar-refractivity contribution in [2.24, 2.45) is 0 Å². The van der Waals surface area contributed by atoms with E-state index in [1.807, 2.05) is 12.1 Å². The van der Waals surface area contributed by atoms with Gasteiger partial charge in [0.05, 0.1) is 37.4 Å². The average molecular weight is 431 g/mol. The Kier molecular flexibility index (Phi) is 5.78. The van der Waals surface area contributed by atoms with Crippen molar-refractivity contribution in [2.45, 2.75) is 19.0 Å². The number of benzene rings is 1. The van der Waals surface area contributed by atoms with Gasteiger partial charge in [-0.1, -0.05) is 11.6 Å². The van der Waals surface area contributed by atoms with E-state index in [4.69, 9.17) is 21.1 Å². The van der Waals surface area contributed by atoms with Crippen molar-refractivity contribution in [1.82, 2.24) is 19.0 Å². The van der Waals surface area contributed by atoms with Gasteiger partial charge < -0.3 is 14.4 Å². The number of amides is 1. The molecule has 0 spiro atoms. The largest absolute Gasteiger partial charge is 0.496 e. The Labute approximate surface area is 178 Å². The van der Waals surface area contributed by atoms with Crippen molar-refractivity contribution in [1.29, 1.82) is 0 Å². The quantitative estimate of drug-likeness (QED) is 0.600. The highest BCUT2D eigenvalue weighted by Gasteiger charge is 2.32. The minimum absolute atomic E-state index is 0.135. The van der Waals surface area contributed by atoms with Crippen molar-refractivity contribution in [3.05, 3.63) is 57.6 Å². The number of hydrogen-bond donors (Lipinski definition) is 0. The van der Waals surface area contributed by atoms with Crippen LogP contribution in [0.4, 0.5) is 0 Å². The molecular weight excluding hydrogens is 408 g/mol. The average Bonchev–Trinajstić information content (AvgIpc) is 3.34. The van der Waals surface area contributed by atoms with Crippen LogP contribution in [0.25, 0.3) is 11.2 Å². The Morgan fingerprint density at radius 1 is 1.30 bits per heavy atom. The smallest absolute Gasteiger partial charge is 0.330 e. The second kappa shape index (κ2) is 8.49. The fraction of sp³-hybridized carbons (Fsp3) is 0.381. The third-order valence-corrected chi connectivity index (χ3v) is 5.69. The number of methoxy groups -OCH3 is 2. The number of rotatable bonds is 6. The summed E-state index contributed by atoms with van der Waals surface area (Å²) in [5.41, 5.74) is 1.71. The topological polar surface area (TPSA) is 78.6 Å². The zero-order chi connectivity index (χ0) is 21.3. The second-order valence-corrected chi connectivity index (χ2v) is 7.62. The number of ether oxygens (including phenoxy) is 2. The zero-order valence-electron chi connectivity index (χ0n) is 16.9. The molecule has 1 saturated heterocycles. The third kappa shape index (κ3) is 3.57. The summed E-state index contributed by atoms with van der Waals surface area (Å²) in [5.74, 6) is 0.293. The summed E-state index contributed by atoms with van der Waals surface area (Å²) < 4.78 is 13.9. The van der Waals surface area contributed by atoms with E-state index in [1.54, 1.807) is 45.5 Å². The highest BCUT2D eigenvalue weighted by molar-refractivity contribution is 6.30. The van der Waals surface area contributed by atoms with Crippen LogP contribution in [0.2, 0.25) is 5.02 Å². The monoisotopic (exact) mass is 430 g/mol. The van der Waals surface area contributed by atoms with Gasteiger partial charge in [0, 0.05) is 31.4 Å². The van der Waals surface area contributed by atoms with Crippen LogP contribution in [-0.2, 0) is 11.3 Å². The summed E-state index contributed by atoms with van der Waals surface area (Å²) in [6, 6.07) is 8.50. The fourth-order valence-electron chi connectivity index (χ4n) is 3.99. The van der Waals surface area contributed by atoms with Gasteiger partial charge in [0.1, 0.15) is 5.75 Å². The van der Waals surface area contributed by atoms with Gasteiger partial charge in [0.15, 0.2) is 5.65 Å². The second-order valence-electron chi connectivity index (χ2n) is 7.18. The van der Waals surface area contributed by atoms with E-state index in [-0.39, 0.29) is 17.6 Å². The van der Waals surface area contributed by atoms with Crippen LogP contribution in [0.15, 0.2) is 41.3 Å². The summed E-state index contributed by atoms with van der Waals surface area (Å²) in [5, 5.41) is 0.504. The first-order chi connectivity index (χ1) is 14.5. The Morgan fingerprint density at radius 2 is 2.13 bits per heavy atom. The fourth-order valence-corrected chi connectivity index (χ4v) is 4.15. The van der Waals surface area contributed by atoms with Crippen molar-refractivity contribution in [3.63, 3.8) is 0 Å². The summed E-state index contributed by atoms with van der Waals surface area (Å²) in [4.78, 5) is 32.4. The molecule has 8 nitrogen and oxygen atoms in total. The molecule has 158 valence electrons. The van der Waals surface area contributed by atoms with Gasteiger partial charge in [-0.05, 0) is 36.8 Å². The predicted octanol–water partition coefficient (Wildman–Crippen LogP) is 2.59. The van der Waals surface area contributed by atoms with Gasteiger partial charge in [0.2, 0.25) is 0 Å². The third-order valence-electron chi connectivity index (χ3n) is 5.45. The standard InChI is InChI=1S/C21H23ClN4O4/c1-29-11-10-25-17-4-3-8-23-19(17)26(21(25)28)15-7-9-24(13-15)20(27)16-6-5-14(22)12-18(16)30-2/h3-6,8,12,15H,7,9-11,13H2,1-2H3/t15-/m1/s1. The molecule has 0 unspecified atom stereocenters. The molecule has 0 saturated carbocycles. The number of nitrogens with zero attached hydrogens (tertiary/aromatic N) is 4. The summed E-state index contributed by atoms with van der Waals surface area (Å²) in [6.07, 6.45) is 2.34. The first-order valence-electron chi connectivity index (χ1n) is 9.72. The lowest BCUT2D eigenvalue weighted by Gasteiger charge is -2.18. The molecule has 9 heteroatoms. The highest BCUT2D eigenvalue weighted by atomic mass is 35.5. The Balaban J connectivity index is 1.64. The lowest BCUT2D eigenvalue weighted by atomic mass is 10.1. The molecule has 1 aromatic carbocycles. The van der Waals surface area contributed by atoms with Gasteiger partial charge >= 0.3 is 5.69 Å². The SMILES string of the molecule is COCCn1c(=O)n([C@@H]2CCN(C(=O)c3ccc(Cl)cc3OC)C2)c2ncccc21. The first-order valence-corrected chi connectivity index (χ1v) is 10.1. The lowest BCUT2D eigenvalue weighted by molar-refractivity contribution is 0.0784. The number of carbonyl (C=O) groups excluding carboxylic acids is 1. The molecule has 1 atom stereocenters. The number of carbonyl (C=O) groups is 1. The number of imidazole rings is 1. The normalized spacial score (nSPS) is 16.4. The van der Waals surface area contributed by atoms with Crippen LogP contribution in [0, 0.1) is 0 Å². The van der Waals surface area contributed by atoms with E-state index in [0.29, 0.717) is 54.6 Å². The maximum atomic E-state index is 13.2. The van der Waals surface area contributed by atoms with E-state index >= 15 is 0 Å². The van der Waals surface area contributed by atoms with Gasteiger partial charge in [-0.25, -0.2) is 9.78 Å². The molecule has 1 aliphatic rings. The molecule has 0 radical (unpaired) electrons. The maximum Gasteiger partial charge on any atom is 0.330 e. The number of pyridine rings is 1. The molecular formula is C21H23ClN4O4. The molecule has 1 fully saturated rings. The van der Waals surface area contributed by atoms with E-state index in [0.717, 1.165) is 5.52 Å².